The van der Waals surface area contributed by atoms with Crippen LogP contribution in [0.2, 0.25) is 0 Å². The van der Waals surface area contributed by atoms with Crippen molar-refractivity contribution in [1.29, 1.82) is 0 Å². The quantitative estimate of drug-likeness (QED) is 0.333. The summed E-state index contributed by atoms with van der Waals surface area (Å²) < 4.78 is 18.3. The lowest BCUT2D eigenvalue weighted by molar-refractivity contribution is 0.134. The molecule has 3 heteroatoms. The van der Waals surface area contributed by atoms with Crippen LogP contribution in [-0.4, -0.2) is 7.11 Å². The van der Waals surface area contributed by atoms with Crippen LogP contribution in [0, 0.1) is 0 Å². The van der Waals surface area contributed by atoms with E-state index in [2.05, 4.69) is 63.3 Å². The van der Waals surface area contributed by atoms with Crippen LogP contribution in [0.5, 0.6) is 11.5 Å². The average Bonchev–Trinajstić information content (AvgIpc) is 3.39. The summed E-state index contributed by atoms with van der Waals surface area (Å²) in [6.45, 7) is 6.83. The number of rotatable bonds is 5. The Bertz CT molecular complexity index is 1280. The van der Waals surface area contributed by atoms with Crippen LogP contribution >= 0.6 is 0 Å². The van der Waals surface area contributed by atoms with Crippen LogP contribution in [0.15, 0.2) is 83.5 Å². The van der Waals surface area contributed by atoms with Gasteiger partial charge in [0.25, 0.3) is 0 Å². The number of benzene rings is 3. The van der Waals surface area contributed by atoms with E-state index in [9.17, 15) is 0 Å². The molecule has 0 saturated carbocycles. The van der Waals surface area contributed by atoms with E-state index in [1.165, 1.54) is 10.9 Å². The average molecular weight is 425 g/mol. The molecule has 1 atom stereocenters. The molecule has 162 valence electrons. The SMILES string of the molecule is CCC(C)(C)c1cc2ccccc2c2c1C=CC(c1ccc(OC)cc1)(c1ccco1)O2. The molecule has 3 nitrogen and oxygen atoms in total. The van der Waals surface area contributed by atoms with E-state index in [0.717, 1.165) is 40.2 Å². The Balaban J connectivity index is 1.78. The van der Waals surface area contributed by atoms with Gasteiger partial charge in [0, 0.05) is 16.5 Å². The Kier molecular flexibility index (Phi) is 4.85. The molecule has 32 heavy (non-hydrogen) atoms. The van der Waals surface area contributed by atoms with Crippen molar-refractivity contribution in [3.05, 3.63) is 102 Å². The Morgan fingerprint density at radius 1 is 0.969 bits per heavy atom. The first-order valence-corrected chi connectivity index (χ1v) is 11.1. The van der Waals surface area contributed by atoms with Gasteiger partial charge in [-0.2, -0.15) is 0 Å². The first-order chi connectivity index (χ1) is 15.5. The number of ether oxygens (including phenoxy) is 2. The summed E-state index contributed by atoms with van der Waals surface area (Å²) in [5.41, 5.74) is 2.59. The minimum atomic E-state index is -0.861. The van der Waals surface area contributed by atoms with Gasteiger partial charge in [0.15, 0.2) is 5.76 Å². The highest BCUT2D eigenvalue weighted by atomic mass is 16.5. The second-order valence-corrected chi connectivity index (χ2v) is 9.00. The Labute approximate surface area is 189 Å². The first-order valence-electron chi connectivity index (χ1n) is 11.1. The lowest BCUT2D eigenvalue weighted by Crippen LogP contribution is -2.34. The zero-order valence-electron chi connectivity index (χ0n) is 19.0. The van der Waals surface area contributed by atoms with E-state index < -0.39 is 5.60 Å². The van der Waals surface area contributed by atoms with Gasteiger partial charge in [0.05, 0.1) is 13.4 Å². The number of furan rings is 1. The second-order valence-electron chi connectivity index (χ2n) is 9.00. The maximum Gasteiger partial charge on any atom is 0.210 e. The molecular formula is C29H28O3. The Morgan fingerprint density at radius 3 is 2.44 bits per heavy atom. The molecule has 5 rings (SSSR count). The summed E-state index contributed by atoms with van der Waals surface area (Å²) in [6, 6.07) is 22.6. The molecule has 2 heterocycles. The van der Waals surface area contributed by atoms with Crippen LogP contribution in [0.3, 0.4) is 0 Å². The van der Waals surface area contributed by atoms with Crippen LogP contribution < -0.4 is 9.47 Å². The molecule has 3 aromatic carbocycles. The minimum absolute atomic E-state index is 0.0204. The van der Waals surface area contributed by atoms with E-state index in [-0.39, 0.29) is 5.41 Å². The summed E-state index contributed by atoms with van der Waals surface area (Å²) in [5, 5.41) is 2.29. The van der Waals surface area contributed by atoms with Gasteiger partial charge in [-0.3, -0.25) is 0 Å². The molecule has 4 aromatic rings. The highest BCUT2D eigenvalue weighted by molar-refractivity contribution is 5.94. The van der Waals surface area contributed by atoms with Crippen molar-refractivity contribution in [2.45, 2.75) is 38.2 Å². The van der Waals surface area contributed by atoms with Crippen LogP contribution in [-0.2, 0) is 11.0 Å². The van der Waals surface area contributed by atoms with Gasteiger partial charge in [-0.05, 0) is 59.2 Å². The highest BCUT2D eigenvalue weighted by Gasteiger charge is 2.41. The van der Waals surface area contributed by atoms with Gasteiger partial charge in [-0.1, -0.05) is 63.2 Å². The van der Waals surface area contributed by atoms with Crippen LogP contribution in [0.1, 0.15) is 49.6 Å². The summed E-state index contributed by atoms with van der Waals surface area (Å²) in [5.74, 6) is 2.45. The van der Waals surface area contributed by atoms with Crippen molar-refractivity contribution in [3.63, 3.8) is 0 Å². The zero-order chi connectivity index (χ0) is 22.3. The van der Waals surface area contributed by atoms with E-state index in [1.54, 1.807) is 13.4 Å². The van der Waals surface area contributed by atoms with Gasteiger partial charge in [-0.25, -0.2) is 0 Å². The number of methoxy groups -OCH3 is 1. The third kappa shape index (κ3) is 3.12. The largest absolute Gasteiger partial charge is 0.497 e. The van der Waals surface area contributed by atoms with E-state index in [4.69, 9.17) is 13.9 Å². The molecule has 0 aliphatic carbocycles. The number of fused-ring (bicyclic) bond motifs is 3. The molecule has 0 spiro atoms. The van der Waals surface area contributed by atoms with Gasteiger partial charge < -0.3 is 13.9 Å². The second kappa shape index (κ2) is 7.59. The van der Waals surface area contributed by atoms with E-state index >= 15 is 0 Å². The normalized spacial score (nSPS) is 17.8. The van der Waals surface area contributed by atoms with E-state index in [0.29, 0.717) is 0 Å². The van der Waals surface area contributed by atoms with Gasteiger partial charge in [-0.15, -0.1) is 0 Å². The summed E-state index contributed by atoms with van der Waals surface area (Å²) in [7, 11) is 1.67. The van der Waals surface area contributed by atoms with Crippen molar-refractivity contribution in [2.75, 3.05) is 7.11 Å². The van der Waals surface area contributed by atoms with Crippen LogP contribution in [0.4, 0.5) is 0 Å². The van der Waals surface area contributed by atoms with Crippen molar-refractivity contribution in [2.24, 2.45) is 0 Å². The summed E-state index contributed by atoms with van der Waals surface area (Å²) >= 11 is 0. The zero-order valence-corrected chi connectivity index (χ0v) is 19.0. The smallest absolute Gasteiger partial charge is 0.210 e. The molecule has 0 fully saturated rings. The number of hydrogen-bond acceptors (Lipinski definition) is 3. The highest BCUT2D eigenvalue weighted by Crippen LogP contribution is 2.48. The minimum Gasteiger partial charge on any atom is -0.497 e. The lowest BCUT2D eigenvalue weighted by atomic mass is 9.76. The molecule has 0 bridgehead atoms. The topological polar surface area (TPSA) is 31.6 Å². The first kappa shape index (κ1) is 20.4. The predicted octanol–water partition coefficient (Wildman–Crippen LogP) is 7.48. The van der Waals surface area contributed by atoms with Crippen LogP contribution in [0.25, 0.3) is 16.8 Å². The number of hydrogen-bond donors (Lipinski definition) is 0. The van der Waals surface area contributed by atoms with Crippen molar-refractivity contribution < 1.29 is 13.9 Å². The fourth-order valence-corrected chi connectivity index (χ4v) is 4.51. The third-order valence-corrected chi connectivity index (χ3v) is 6.81. The monoisotopic (exact) mass is 424 g/mol. The van der Waals surface area contributed by atoms with Crippen molar-refractivity contribution >= 4 is 16.8 Å². The van der Waals surface area contributed by atoms with Gasteiger partial charge >= 0.3 is 0 Å². The predicted molar refractivity (Wildman–Crippen MR) is 129 cm³/mol. The molecule has 1 aliphatic rings. The molecule has 0 radical (unpaired) electrons. The van der Waals surface area contributed by atoms with Crippen molar-refractivity contribution in [1.82, 2.24) is 0 Å². The lowest BCUT2D eigenvalue weighted by Gasteiger charge is -2.37. The maximum atomic E-state index is 7.00. The summed E-state index contributed by atoms with van der Waals surface area (Å²) in [6.07, 6.45) is 7.07. The molecule has 1 aromatic heterocycles. The standard InChI is InChI=1S/C29H28O3/c1-5-28(2,3)25-19-20-9-6-7-10-23(20)27-24(25)16-17-29(32-27,26-11-8-18-31-26)21-12-14-22(30-4)15-13-21/h6-19H,5H2,1-4H3. The maximum absolute atomic E-state index is 7.00. The summed E-state index contributed by atoms with van der Waals surface area (Å²) in [4.78, 5) is 0. The Morgan fingerprint density at radius 2 is 1.75 bits per heavy atom. The third-order valence-electron chi connectivity index (χ3n) is 6.81. The van der Waals surface area contributed by atoms with Gasteiger partial charge in [0.1, 0.15) is 11.5 Å². The fourth-order valence-electron chi connectivity index (χ4n) is 4.51. The molecule has 0 saturated heterocycles. The Hall–Kier alpha value is -3.46. The molecule has 1 aliphatic heterocycles. The molecule has 1 unspecified atom stereocenters. The van der Waals surface area contributed by atoms with Crippen molar-refractivity contribution in [3.8, 4) is 11.5 Å². The van der Waals surface area contributed by atoms with E-state index in [1.807, 2.05) is 36.4 Å². The molecule has 0 N–H and O–H groups in total. The molecular weight excluding hydrogens is 396 g/mol. The molecule has 0 amide bonds. The van der Waals surface area contributed by atoms with Gasteiger partial charge in [0.2, 0.25) is 5.60 Å². The fraction of sp³-hybridized carbons (Fsp3) is 0.241.